The molecule has 1 aromatic carbocycles. The monoisotopic (exact) mass is 422 g/mol. The predicted molar refractivity (Wildman–Crippen MR) is 119 cm³/mol. The number of likely N-dealkylation sites (N-methyl/N-ethyl adjacent to an activating group) is 1. The van der Waals surface area contributed by atoms with Crippen molar-refractivity contribution in [2.45, 2.75) is 31.6 Å². The van der Waals surface area contributed by atoms with Crippen LogP contribution in [0, 0.1) is 0 Å². The maximum absolute atomic E-state index is 11.2. The number of benzene rings is 1. The minimum absolute atomic E-state index is 0.442. The highest BCUT2D eigenvalue weighted by Gasteiger charge is 2.35. The van der Waals surface area contributed by atoms with Crippen molar-refractivity contribution in [2.75, 3.05) is 31.6 Å². The molecule has 164 valence electrons. The maximum atomic E-state index is 11.2. The fourth-order valence-electron chi connectivity index (χ4n) is 4.11. The van der Waals surface area contributed by atoms with Gasteiger partial charge in [-0.3, -0.25) is 4.90 Å². The van der Waals surface area contributed by atoms with Crippen molar-refractivity contribution in [1.82, 2.24) is 24.4 Å². The van der Waals surface area contributed by atoms with E-state index < -0.39 is 5.60 Å². The second-order valence-corrected chi connectivity index (χ2v) is 8.36. The molecule has 1 fully saturated rings. The fraction of sp³-hybridized carbons (Fsp3) is 0.435. The smallest absolute Gasteiger partial charge is 0.225 e. The van der Waals surface area contributed by atoms with E-state index in [-0.39, 0.29) is 0 Å². The molecule has 0 bridgehead atoms. The number of nitrogens with zero attached hydrogens (tertiary/aromatic N) is 6. The molecule has 0 spiro atoms. The van der Waals surface area contributed by atoms with Crippen molar-refractivity contribution >= 4 is 5.95 Å². The number of piperidine rings is 1. The number of β-amino-alcohol motifs (C(OH)–C–C–N with tert-alkyl or cyclic N) is 1. The Morgan fingerprint density at radius 1 is 1.13 bits per heavy atom. The first kappa shape index (κ1) is 21.3. The molecule has 0 saturated carbocycles. The fourth-order valence-corrected chi connectivity index (χ4v) is 4.11. The van der Waals surface area contributed by atoms with Crippen LogP contribution in [0.3, 0.4) is 0 Å². The van der Waals surface area contributed by atoms with Crippen LogP contribution in [0.15, 0.2) is 55.1 Å². The second kappa shape index (κ2) is 9.45. The van der Waals surface area contributed by atoms with Gasteiger partial charge in [0.1, 0.15) is 18.2 Å². The summed E-state index contributed by atoms with van der Waals surface area (Å²) in [4.78, 5) is 17.2. The van der Waals surface area contributed by atoms with Gasteiger partial charge in [-0.15, -0.1) is 0 Å². The van der Waals surface area contributed by atoms with E-state index >= 15 is 0 Å². The number of anilines is 1. The highest BCUT2D eigenvalue weighted by Crippen LogP contribution is 2.25. The lowest BCUT2D eigenvalue weighted by atomic mass is 9.92. The lowest BCUT2D eigenvalue weighted by Crippen LogP contribution is -2.54. The summed E-state index contributed by atoms with van der Waals surface area (Å²) >= 11 is 0. The molecule has 1 atom stereocenters. The van der Waals surface area contributed by atoms with Gasteiger partial charge in [0.2, 0.25) is 5.95 Å². The Bertz CT molecular complexity index is 962. The average molecular weight is 423 g/mol. The molecule has 0 amide bonds. The van der Waals surface area contributed by atoms with Gasteiger partial charge in [-0.2, -0.15) is 0 Å². The van der Waals surface area contributed by atoms with Crippen LogP contribution in [0.1, 0.15) is 24.2 Å². The van der Waals surface area contributed by atoms with Crippen LogP contribution in [0.25, 0.3) is 0 Å². The third kappa shape index (κ3) is 5.59. The van der Waals surface area contributed by atoms with Gasteiger partial charge in [-0.1, -0.05) is 12.1 Å². The Kier molecular flexibility index (Phi) is 6.48. The highest BCUT2D eigenvalue weighted by atomic mass is 16.5. The largest absolute Gasteiger partial charge is 0.486 e. The summed E-state index contributed by atoms with van der Waals surface area (Å²) in [5.74, 6) is 2.39. The van der Waals surface area contributed by atoms with E-state index in [0.717, 1.165) is 37.5 Å². The Labute approximate surface area is 183 Å². The van der Waals surface area contributed by atoms with Gasteiger partial charge in [0.15, 0.2) is 0 Å². The van der Waals surface area contributed by atoms with Crippen LogP contribution in [-0.4, -0.2) is 61.8 Å². The molecular weight excluding hydrogens is 392 g/mol. The van der Waals surface area contributed by atoms with Gasteiger partial charge >= 0.3 is 0 Å². The van der Waals surface area contributed by atoms with Gasteiger partial charge in [0.05, 0.1) is 12.1 Å². The van der Waals surface area contributed by atoms with Crippen LogP contribution in [0.2, 0.25) is 0 Å². The minimum atomic E-state index is -0.780. The summed E-state index contributed by atoms with van der Waals surface area (Å²) in [6.07, 6.45) is 8.86. The number of imidazole rings is 1. The Morgan fingerprint density at radius 3 is 2.61 bits per heavy atom. The summed E-state index contributed by atoms with van der Waals surface area (Å²) in [7, 11) is 4.00. The molecule has 2 aromatic heterocycles. The summed E-state index contributed by atoms with van der Waals surface area (Å²) in [5, 5.41) is 11.2. The van der Waals surface area contributed by atoms with E-state index in [2.05, 4.69) is 36.9 Å². The normalized spacial score (nSPS) is 19.0. The third-order valence-electron chi connectivity index (χ3n) is 5.62. The van der Waals surface area contributed by atoms with Crippen LogP contribution >= 0.6 is 0 Å². The third-order valence-corrected chi connectivity index (χ3v) is 5.62. The number of ether oxygens (including phenoxy) is 1. The average Bonchev–Trinajstić information content (AvgIpc) is 3.18. The van der Waals surface area contributed by atoms with Crippen molar-refractivity contribution in [1.29, 1.82) is 0 Å². The Morgan fingerprint density at radius 2 is 1.90 bits per heavy atom. The molecule has 8 nitrogen and oxygen atoms in total. The predicted octanol–water partition coefficient (Wildman–Crippen LogP) is 2.25. The summed E-state index contributed by atoms with van der Waals surface area (Å²) < 4.78 is 7.78. The molecular formula is C23H30N6O2. The van der Waals surface area contributed by atoms with E-state index in [1.54, 1.807) is 18.6 Å². The van der Waals surface area contributed by atoms with E-state index in [9.17, 15) is 5.11 Å². The van der Waals surface area contributed by atoms with Gasteiger partial charge in [-0.05, 0) is 43.7 Å². The molecule has 31 heavy (non-hydrogen) atoms. The van der Waals surface area contributed by atoms with Crippen molar-refractivity contribution in [3.63, 3.8) is 0 Å². The maximum Gasteiger partial charge on any atom is 0.225 e. The molecule has 0 unspecified atom stereocenters. The Balaban J connectivity index is 1.29. The number of aryl methyl sites for hydroxylation is 1. The van der Waals surface area contributed by atoms with Gasteiger partial charge in [-0.25, -0.2) is 15.0 Å². The SMILES string of the molecule is CN(Cc1ccc(OCc2nccn2C)cc1)C[C@]1(O)CCCN(c2ncccn2)C1. The van der Waals surface area contributed by atoms with Crippen molar-refractivity contribution in [3.05, 3.63) is 66.5 Å². The first-order chi connectivity index (χ1) is 15.0. The summed E-state index contributed by atoms with van der Waals surface area (Å²) in [6, 6.07) is 9.91. The summed E-state index contributed by atoms with van der Waals surface area (Å²) in [6.45, 7) is 3.20. The zero-order chi connectivity index (χ0) is 21.7. The quantitative estimate of drug-likeness (QED) is 0.596. The van der Waals surface area contributed by atoms with Crippen molar-refractivity contribution < 1.29 is 9.84 Å². The lowest BCUT2D eigenvalue weighted by molar-refractivity contribution is -0.00366. The van der Waals surface area contributed by atoms with Gasteiger partial charge in [0, 0.05) is 51.5 Å². The molecule has 3 aromatic rings. The molecule has 4 rings (SSSR count). The van der Waals surface area contributed by atoms with Crippen LogP contribution in [-0.2, 0) is 20.2 Å². The van der Waals surface area contributed by atoms with Crippen LogP contribution in [0.5, 0.6) is 5.75 Å². The molecule has 3 heterocycles. The topological polar surface area (TPSA) is 79.5 Å². The van der Waals surface area contributed by atoms with Crippen molar-refractivity contribution in [2.24, 2.45) is 7.05 Å². The van der Waals surface area contributed by atoms with Crippen molar-refractivity contribution in [3.8, 4) is 5.75 Å². The molecule has 0 aliphatic carbocycles. The number of hydrogen-bond donors (Lipinski definition) is 1. The molecule has 8 heteroatoms. The van der Waals surface area contributed by atoms with Crippen LogP contribution < -0.4 is 9.64 Å². The second-order valence-electron chi connectivity index (χ2n) is 8.36. The van der Waals surface area contributed by atoms with E-state index in [1.165, 1.54) is 5.56 Å². The first-order valence-corrected chi connectivity index (χ1v) is 10.6. The zero-order valence-electron chi connectivity index (χ0n) is 18.2. The zero-order valence-corrected chi connectivity index (χ0v) is 18.2. The highest BCUT2D eigenvalue weighted by molar-refractivity contribution is 5.31. The molecule has 1 aliphatic heterocycles. The number of hydrogen-bond acceptors (Lipinski definition) is 7. The van der Waals surface area contributed by atoms with E-state index in [1.807, 2.05) is 43.1 Å². The molecule has 1 N–H and O–H groups in total. The van der Waals surface area contributed by atoms with E-state index in [4.69, 9.17) is 4.74 Å². The van der Waals surface area contributed by atoms with Gasteiger partial charge in [0.25, 0.3) is 0 Å². The first-order valence-electron chi connectivity index (χ1n) is 10.6. The Hall–Kier alpha value is -2.97. The van der Waals surface area contributed by atoms with Crippen LogP contribution in [0.4, 0.5) is 5.95 Å². The number of aromatic nitrogens is 4. The number of aliphatic hydroxyl groups is 1. The molecule has 0 radical (unpaired) electrons. The lowest BCUT2D eigenvalue weighted by Gasteiger charge is -2.41. The standard InChI is InChI=1S/C23H30N6O2/c1-27(17-23(30)9-3-13-29(18-23)22-25-10-4-11-26-22)15-19-5-7-20(8-6-19)31-16-21-24-12-14-28(21)2/h4-8,10-12,14,30H,3,9,13,15-18H2,1-2H3/t23-/m1/s1. The minimum Gasteiger partial charge on any atom is -0.486 e. The molecule has 1 saturated heterocycles. The summed E-state index contributed by atoms with van der Waals surface area (Å²) in [5.41, 5.74) is 0.395. The molecule has 1 aliphatic rings. The van der Waals surface area contributed by atoms with Gasteiger partial charge < -0.3 is 19.3 Å². The van der Waals surface area contributed by atoms with E-state index in [0.29, 0.717) is 25.6 Å². The number of rotatable bonds is 8.